The van der Waals surface area contributed by atoms with Crippen LogP contribution in [-0.4, -0.2) is 73.7 Å². The highest BCUT2D eigenvalue weighted by molar-refractivity contribution is 7.89. The van der Waals surface area contributed by atoms with Crippen LogP contribution in [0, 0.1) is 5.92 Å². The van der Waals surface area contributed by atoms with Gasteiger partial charge in [0.2, 0.25) is 0 Å². The van der Waals surface area contributed by atoms with Gasteiger partial charge in [0.1, 0.15) is 5.75 Å². The Morgan fingerprint density at radius 1 is 1.24 bits per heavy atom. The van der Waals surface area contributed by atoms with Crippen molar-refractivity contribution in [1.29, 1.82) is 0 Å². The number of hydrogen-bond donors (Lipinski definition) is 1. The number of aryl methyl sites for hydroxylation is 1. The van der Waals surface area contributed by atoms with Gasteiger partial charge in [0.05, 0.1) is 19.5 Å². The number of anilines is 1. The SMILES string of the molecule is Cn1cnc(S(=O)(=O)N2C[C@H](Nc3cccc(OCC(F)(F)F)c3)[C@@H](C3OCCCO3)C2)c1. The summed E-state index contributed by atoms with van der Waals surface area (Å²) in [6.45, 7) is -0.141. The van der Waals surface area contributed by atoms with Crippen LogP contribution in [0.15, 0.2) is 41.8 Å². The molecule has 13 heteroatoms. The highest BCUT2D eigenvalue weighted by atomic mass is 32.2. The predicted octanol–water partition coefficient (Wildman–Crippen LogP) is 2.23. The molecule has 2 aliphatic heterocycles. The van der Waals surface area contributed by atoms with Gasteiger partial charge in [0, 0.05) is 50.0 Å². The predicted molar refractivity (Wildman–Crippen MR) is 111 cm³/mol. The van der Waals surface area contributed by atoms with Gasteiger partial charge in [-0.2, -0.15) is 17.5 Å². The minimum absolute atomic E-state index is 0.0509. The number of ether oxygens (including phenoxy) is 3. The Balaban J connectivity index is 1.53. The lowest BCUT2D eigenvalue weighted by Crippen LogP contribution is -2.41. The van der Waals surface area contributed by atoms with Gasteiger partial charge in [-0.15, -0.1) is 0 Å². The summed E-state index contributed by atoms with van der Waals surface area (Å²) >= 11 is 0. The summed E-state index contributed by atoms with van der Waals surface area (Å²) < 4.78 is 82.9. The molecule has 0 spiro atoms. The standard InChI is InChI=1S/C20H25F3N4O5S/c1-26-11-18(24-13-26)33(28,29)27-9-16(19-30-6-3-7-31-19)17(10-27)25-14-4-2-5-15(8-14)32-12-20(21,22)23/h2,4-5,8,11,13,16-17,19,25H,3,6-7,9-10,12H2,1H3/t16-,17-/m0/s1. The first-order valence-electron chi connectivity index (χ1n) is 10.4. The summed E-state index contributed by atoms with van der Waals surface area (Å²) in [5, 5.41) is 3.17. The molecule has 33 heavy (non-hydrogen) atoms. The Labute approximate surface area is 189 Å². The fourth-order valence-electron chi connectivity index (χ4n) is 3.88. The molecular weight excluding hydrogens is 465 g/mol. The molecule has 4 rings (SSSR count). The minimum Gasteiger partial charge on any atom is -0.484 e. The summed E-state index contributed by atoms with van der Waals surface area (Å²) in [6.07, 6.45) is -1.47. The lowest BCUT2D eigenvalue weighted by molar-refractivity contribution is -0.203. The molecule has 182 valence electrons. The second-order valence-electron chi connectivity index (χ2n) is 8.01. The maximum absolute atomic E-state index is 13.1. The Kier molecular flexibility index (Phi) is 6.84. The quantitative estimate of drug-likeness (QED) is 0.636. The van der Waals surface area contributed by atoms with Crippen molar-refractivity contribution in [2.24, 2.45) is 13.0 Å². The van der Waals surface area contributed by atoms with E-state index in [4.69, 9.17) is 14.2 Å². The monoisotopic (exact) mass is 490 g/mol. The Morgan fingerprint density at radius 2 is 2.00 bits per heavy atom. The van der Waals surface area contributed by atoms with Gasteiger partial charge in [-0.05, 0) is 18.6 Å². The fraction of sp³-hybridized carbons (Fsp3) is 0.550. The molecule has 1 aromatic heterocycles. The molecule has 0 saturated carbocycles. The number of halogens is 3. The molecule has 1 N–H and O–H groups in total. The van der Waals surface area contributed by atoms with Gasteiger partial charge in [0.25, 0.3) is 10.0 Å². The van der Waals surface area contributed by atoms with E-state index in [0.717, 1.165) is 6.42 Å². The van der Waals surface area contributed by atoms with E-state index in [0.29, 0.717) is 18.9 Å². The number of imidazole rings is 1. The fourth-order valence-corrected chi connectivity index (χ4v) is 5.35. The maximum atomic E-state index is 13.1. The van der Waals surface area contributed by atoms with Gasteiger partial charge in [-0.25, -0.2) is 13.4 Å². The molecule has 9 nitrogen and oxygen atoms in total. The maximum Gasteiger partial charge on any atom is 0.422 e. The van der Waals surface area contributed by atoms with E-state index in [-0.39, 0.29) is 29.8 Å². The average Bonchev–Trinajstić information content (AvgIpc) is 3.40. The molecule has 0 bridgehead atoms. The largest absolute Gasteiger partial charge is 0.484 e. The van der Waals surface area contributed by atoms with Crippen LogP contribution in [0.25, 0.3) is 0 Å². The Hall–Kier alpha value is -2.35. The Morgan fingerprint density at radius 3 is 2.67 bits per heavy atom. The van der Waals surface area contributed by atoms with Crippen molar-refractivity contribution < 1.29 is 35.8 Å². The van der Waals surface area contributed by atoms with E-state index in [1.165, 1.54) is 29.0 Å². The van der Waals surface area contributed by atoms with Crippen LogP contribution < -0.4 is 10.1 Å². The van der Waals surface area contributed by atoms with Crippen LogP contribution in [0.3, 0.4) is 0 Å². The zero-order valence-corrected chi connectivity index (χ0v) is 18.7. The highest BCUT2D eigenvalue weighted by Gasteiger charge is 2.45. The van der Waals surface area contributed by atoms with Crippen LogP contribution in [-0.2, 0) is 26.5 Å². The first kappa shape index (κ1) is 23.8. The zero-order valence-electron chi connectivity index (χ0n) is 17.9. The second-order valence-corrected chi connectivity index (χ2v) is 9.89. The highest BCUT2D eigenvalue weighted by Crippen LogP contribution is 2.32. The molecule has 1 aromatic carbocycles. The van der Waals surface area contributed by atoms with Crippen LogP contribution in [0.2, 0.25) is 0 Å². The zero-order chi connectivity index (χ0) is 23.6. The van der Waals surface area contributed by atoms with Gasteiger partial charge in [-0.3, -0.25) is 0 Å². The van der Waals surface area contributed by atoms with E-state index in [2.05, 4.69) is 10.3 Å². The van der Waals surface area contributed by atoms with Crippen molar-refractivity contribution in [3.05, 3.63) is 36.8 Å². The number of sulfonamides is 1. The first-order valence-corrected chi connectivity index (χ1v) is 11.8. The van der Waals surface area contributed by atoms with Gasteiger partial charge in [0.15, 0.2) is 17.9 Å². The van der Waals surface area contributed by atoms with Gasteiger partial charge in [-0.1, -0.05) is 6.07 Å². The van der Waals surface area contributed by atoms with Crippen molar-refractivity contribution in [2.75, 3.05) is 38.2 Å². The van der Waals surface area contributed by atoms with Crippen LogP contribution in [0.5, 0.6) is 5.75 Å². The van der Waals surface area contributed by atoms with E-state index < -0.39 is 35.1 Å². The third kappa shape index (κ3) is 5.78. The van der Waals surface area contributed by atoms with Gasteiger partial charge >= 0.3 is 6.18 Å². The van der Waals surface area contributed by atoms with Crippen molar-refractivity contribution in [1.82, 2.24) is 13.9 Å². The molecule has 2 fully saturated rings. The van der Waals surface area contributed by atoms with Crippen LogP contribution >= 0.6 is 0 Å². The van der Waals surface area contributed by atoms with Crippen molar-refractivity contribution in [3.8, 4) is 5.75 Å². The van der Waals surface area contributed by atoms with Gasteiger partial charge < -0.3 is 24.1 Å². The number of alkyl halides is 3. The molecule has 2 aromatic rings. The summed E-state index contributed by atoms with van der Waals surface area (Å²) in [5.74, 6) is -0.293. The number of nitrogens with zero attached hydrogens (tertiary/aromatic N) is 3. The summed E-state index contributed by atoms with van der Waals surface area (Å²) in [4.78, 5) is 3.97. The number of hydrogen-bond acceptors (Lipinski definition) is 7. The molecule has 0 amide bonds. The third-order valence-corrected chi connectivity index (χ3v) is 7.13. The molecule has 2 atom stereocenters. The summed E-state index contributed by atoms with van der Waals surface area (Å²) in [5.41, 5.74) is 0.498. The van der Waals surface area contributed by atoms with Crippen molar-refractivity contribution in [3.63, 3.8) is 0 Å². The first-order chi connectivity index (χ1) is 15.6. The van der Waals surface area contributed by atoms with Crippen molar-refractivity contribution in [2.45, 2.75) is 30.0 Å². The average molecular weight is 491 g/mol. The lowest BCUT2D eigenvalue weighted by Gasteiger charge is -2.31. The lowest BCUT2D eigenvalue weighted by atomic mass is 10.0. The third-order valence-electron chi connectivity index (χ3n) is 5.41. The Bertz CT molecular complexity index is 1060. The molecule has 0 unspecified atom stereocenters. The van der Waals surface area contributed by atoms with Crippen LogP contribution in [0.1, 0.15) is 6.42 Å². The minimum atomic E-state index is -4.45. The second kappa shape index (κ2) is 9.49. The summed E-state index contributed by atoms with van der Waals surface area (Å²) in [7, 11) is -2.17. The molecule has 0 aliphatic carbocycles. The van der Waals surface area contributed by atoms with E-state index in [1.54, 1.807) is 23.7 Å². The van der Waals surface area contributed by atoms with E-state index in [1.807, 2.05) is 0 Å². The number of rotatable bonds is 7. The molecule has 3 heterocycles. The van der Waals surface area contributed by atoms with Crippen molar-refractivity contribution >= 4 is 15.7 Å². The summed E-state index contributed by atoms with van der Waals surface area (Å²) in [6, 6.07) is 5.70. The molecular formula is C20H25F3N4O5S. The molecule has 0 radical (unpaired) electrons. The number of aromatic nitrogens is 2. The molecule has 2 aliphatic rings. The number of benzene rings is 1. The topological polar surface area (TPSA) is 94.9 Å². The van der Waals surface area contributed by atoms with E-state index >= 15 is 0 Å². The normalized spacial score (nSPS) is 23.0. The number of nitrogens with one attached hydrogen (secondary N) is 1. The molecule has 2 saturated heterocycles. The van der Waals surface area contributed by atoms with E-state index in [9.17, 15) is 21.6 Å². The van der Waals surface area contributed by atoms with Crippen LogP contribution in [0.4, 0.5) is 18.9 Å². The smallest absolute Gasteiger partial charge is 0.422 e.